The Balaban J connectivity index is 2.06. The van der Waals surface area contributed by atoms with Crippen LogP contribution in [0, 0.1) is 5.92 Å². The van der Waals surface area contributed by atoms with Crippen LogP contribution in [0.1, 0.15) is 30.9 Å². The largest absolute Gasteiger partial charge is 0.392 e. The lowest BCUT2D eigenvalue weighted by Gasteiger charge is -2.13. The van der Waals surface area contributed by atoms with Crippen LogP contribution in [0.2, 0.25) is 0 Å². The van der Waals surface area contributed by atoms with Gasteiger partial charge in [0.2, 0.25) is 10.0 Å². The van der Waals surface area contributed by atoms with Gasteiger partial charge >= 0.3 is 0 Å². The molecule has 1 fully saturated rings. The third-order valence-electron chi connectivity index (χ3n) is 3.85. The van der Waals surface area contributed by atoms with Crippen LogP contribution in [0.3, 0.4) is 0 Å². The first-order chi connectivity index (χ1) is 10.1. The summed E-state index contributed by atoms with van der Waals surface area (Å²) in [5.74, 6) is 0.446. The van der Waals surface area contributed by atoms with Crippen LogP contribution in [0.5, 0.6) is 0 Å². The van der Waals surface area contributed by atoms with Crippen molar-refractivity contribution in [1.82, 2.24) is 4.72 Å². The van der Waals surface area contributed by atoms with Gasteiger partial charge in [0, 0.05) is 19.8 Å². The zero-order valence-electron chi connectivity index (χ0n) is 12.3. The smallest absolute Gasteiger partial charge is 0.240 e. The molecule has 6 heteroatoms. The van der Waals surface area contributed by atoms with Gasteiger partial charge in [-0.25, -0.2) is 13.1 Å². The molecule has 0 spiro atoms. The van der Waals surface area contributed by atoms with Crippen molar-refractivity contribution in [2.24, 2.45) is 5.92 Å². The Hall–Kier alpha value is -0.950. The lowest BCUT2D eigenvalue weighted by molar-refractivity contribution is 0.184. The van der Waals surface area contributed by atoms with Gasteiger partial charge in [0.1, 0.15) is 0 Å². The summed E-state index contributed by atoms with van der Waals surface area (Å²) >= 11 is 0. The number of aryl methyl sites for hydroxylation is 1. The van der Waals surface area contributed by atoms with E-state index in [1.807, 2.05) is 6.92 Å². The molecule has 0 radical (unpaired) electrons. The normalized spacial score (nSPS) is 19.0. The SMILES string of the molecule is CCc1ccc(CO)cc1S(=O)(=O)NCCC1CCOC1. The molecule has 1 saturated heterocycles. The van der Waals surface area contributed by atoms with Crippen molar-refractivity contribution in [2.45, 2.75) is 37.7 Å². The molecule has 118 valence electrons. The Kier molecular flexibility index (Phi) is 5.75. The second kappa shape index (κ2) is 7.35. The highest BCUT2D eigenvalue weighted by atomic mass is 32.2. The third-order valence-corrected chi connectivity index (χ3v) is 5.40. The van der Waals surface area contributed by atoms with Crippen LogP contribution in [0.15, 0.2) is 23.1 Å². The van der Waals surface area contributed by atoms with Crippen molar-refractivity contribution in [2.75, 3.05) is 19.8 Å². The summed E-state index contributed by atoms with van der Waals surface area (Å²) in [6.45, 7) is 3.68. The number of aliphatic hydroxyl groups is 1. The van der Waals surface area contributed by atoms with Crippen molar-refractivity contribution in [3.8, 4) is 0 Å². The average molecular weight is 313 g/mol. The lowest BCUT2D eigenvalue weighted by Crippen LogP contribution is -2.27. The van der Waals surface area contributed by atoms with Crippen LogP contribution in [0.25, 0.3) is 0 Å². The first kappa shape index (κ1) is 16.4. The Morgan fingerprint density at radius 1 is 1.43 bits per heavy atom. The van der Waals surface area contributed by atoms with Gasteiger partial charge < -0.3 is 9.84 Å². The van der Waals surface area contributed by atoms with E-state index in [0.29, 0.717) is 24.4 Å². The number of nitrogens with one attached hydrogen (secondary N) is 1. The average Bonchev–Trinajstić information content (AvgIpc) is 2.99. The van der Waals surface area contributed by atoms with Gasteiger partial charge in [-0.1, -0.05) is 19.1 Å². The maximum Gasteiger partial charge on any atom is 0.240 e. The molecule has 0 amide bonds. The number of hydrogen-bond donors (Lipinski definition) is 2. The van der Waals surface area contributed by atoms with Gasteiger partial charge in [0.25, 0.3) is 0 Å². The Morgan fingerprint density at radius 3 is 2.86 bits per heavy atom. The number of hydrogen-bond acceptors (Lipinski definition) is 4. The van der Waals surface area contributed by atoms with Gasteiger partial charge in [-0.2, -0.15) is 0 Å². The molecule has 0 aromatic heterocycles. The molecule has 1 aliphatic heterocycles. The van der Waals surface area contributed by atoms with Crippen LogP contribution >= 0.6 is 0 Å². The lowest BCUT2D eigenvalue weighted by atomic mass is 10.1. The zero-order chi connectivity index (χ0) is 15.3. The third kappa shape index (κ3) is 4.26. The van der Waals surface area contributed by atoms with E-state index >= 15 is 0 Å². The summed E-state index contributed by atoms with van der Waals surface area (Å²) in [5.41, 5.74) is 1.38. The van der Waals surface area contributed by atoms with E-state index in [9.17, 15) is 13.5 Å². The second-order valence-electron chi connectivity index (χ2n) is 5.37. The minimum Gasteiger partial charge on any atom is -0.392 e. The number of ether oxygens (including phenoxy) is 1. The maximum absolute atomic E-state index is 12.4. The molecule has 1 unspecified atom stereocenters. The van der Waals surface area contributed by atoms with Crippen LogP contribution in [-0.2, 0) is 27.8 Å². The highest BCUT2D eigenvalue weighted by Gasteiger charge is 2.20. The van der Waals surface area contributed by atoms with Gasteiger partial charge in [-0.3, -0.25) is 0 Å². The molecule has 2 N–H and O–H groups in total. The minimum absolute atomic E-state index is 0.161. The van der Waals surface area contributed by atoms with Crippen LogP contribution in [0.4, 0.5) is 0 Å². The summed E-state index contributed by atoms with van der Waals surface area (Å²) < 4.78 is 32.8. The molecular formula is C15H23NO4S. The predicted octanol–water partition coefficient (Wildman–Crippen LogP) is 1.45. The van der Waals surface area contributed by atoms with Crippen LogP contribution in [-0.4, -0.2) is 33.3 Å². The number of sulfonamides is 1. The molecule has 2 rings (SSSR count). The first-order valence-corrected chi connectivity index (χ1v) is 8.85. The van der Waals surface area contributed by atoms with E-state index in [4.69, 9.17) is 4.74 Å². The van der Waals surface area contributed by atoms with Gasteiger partial charge in [-0.05, 0) is 42.4 Å². The minimum atomic E-state index is -3.53. The highest BCUT2D eigenvalue weighted by Crippen LogP contribution is 2.20. The summed E-state index contributed by atoms with van der Waals surface area (Å²) in [4.78, 5) is 0.277. The highest BCUT2D eigenvalue weighted by molar-refractivity contribution is 7.89. The van der Waals surface area contributed by atoms with E-state index in [-0.39, 0.29) is 11.5 Å². The van der Waals surface area contributed by atoms with Gasteiger partial charge in [0.05, 0.1) is 11.5 Å². The van der Waals surface area contributed by atoms with Crippen molar-refractivity contribution < 1.29 is 18.3 Å². The Bertz CT molecular complexity index is 565. The molecule has 21 heavy (non-hydrogen) atoms. The summed E-state index contributed by atoms with van der Waals surface area (Å²) in [7, 11) is -3.53. The quantitative estimate of drug-likeness (QED) is 0.799. The number of rotatable bonds is 7. The van der Waals surface area contributed by atoms with E-state index in [1.165, 1.54) is 0 Å². The van der Waals surface area contributed by atoms with Gasteiger partial charge in [-0.15, -0.1) is 0 Å². The van der Waals surface area contributed by atoms with E-state index in [2.05, 4.69) is 4.72 Å². The maximum atomic E-state index is 12.4. The fraction of sp³-hybridized carbons (Fsp3) is 0.600. The van der Waals surface area contributed by atoms with Crippen LogP contribution < -0.4 is 4.72 Å². The number of aliphatic hydroxyl groups excluding tert-OH is 1. The van der Waals surface area contributed by atoms with E-state index in [1.54, 1.807) is 18.2 Å². The van der Waals surface area contributed by atoms with E-state index < -0.39 is 10.0 Å². The molecule has 1 aromatic rings. The van der Waals surface area contributed by atoms with Crippen molar-refractivity contribution in [1.29, 1.82) is 0 Å². The molecule has 1 aliphatic rings. The number of benzene rings is 1. The Morgan fingerprint density at radius 2 is 2.24 bits per heavy atom. The van der Waals surface area contributed by atoms with Crippen molar-refractivity contribution >= 4 is 10.0 Å². The Labute approximate surface area is 126 Å². The topological polar surface area (TPSA) is 75.6 Å². The standard InChI is InChI=1S/C15H23NO4S/c1-2-14-4-3-13(10-17)9-15(14)21(18,19)16-7-5-12-6-8-20-11-12/h3-4,9,12,16-17H,2,5-8,10-11H2,1H3. The molecule has 0 aliphatic carbocycles. The molecule has 1 atom stereocenters. The first-order valence-electron chi connectivity index (χ1n) is 7.37. The molecule has 1 heterocycles. The second-order valence-corrected chi connectivity index (χ2v) is 7.11. The van der Waals surface area contributed by atoms with Crippen molar-refractivity contribution in [3.05, 3.63) is 29.3 Å². The van der Waals surface area contributed by atoms with Gasteiger partial charge in [0.15, 0.2) is 0 Å². The van der Waals surface area contributed by atoms with Crippen molar-refractivity contribution in [3.63, 3.8) is 0 Å². The zero-order valence-corrected chi connectivity index (χ0v) is 13.2. The molecule has 0 saturated carbocycles. The summed E-state index contributed by atoms with van der Waals surface area (Å²) in [6.07, 6.45) is 2.43. The predicted molar refractivity (Wildman–Crippen MR) is 80.5 cm³/mol. The monoisotopic (exact) mass is 313 g/mol. The van der Waals surface area contributed by atoms with E-state index in [0.717, 1.165) is 31.6 Å². The fourth-order valence-corrected chi connectivity index (χ4v) is 3.93. The fourth-order valence-electron chi connectivity index (χ4n) is 2.53. The molecule has 5 nitrogen and oxygen atoms in total. The molecule has 1 aromatic carbocycles. The molecular weight excluding hydrogens is 290 g/mol. The summed E-state index contributed by atoms with van der Waals surface area (Å²) in [6, 6.07) is 5.08. The molecule has 0 bridgehead atoms. The summed E-state index contributed by atoms with van der Waals surface area (Å²) in [5, 5.41) is 9.18.